The third-order valence-corrected chi connectivity index (χ3v) is 2.81. The van der Waals surface area contributed by atoms with Gasteiger partial charge in [0.15, 0.2) is 0 Å². The zero-order valence-corrected chi connectivity index (χ0v) is 9.51. The molecule has 0 radical (unpaired) electrons. The van der Waals surface area contributed by atoms with Crippen molar-refractivity contribution in [3.8, 4) is 5.75 Å². The Kier molecular flexibility index (Phi) is 2.98. The summed E-state index contributed by atoms with van der Waals surface area (Å²) in [6, 6.07) is 1.81. The molecule has 3 heteroatoms. The quantitative estimate of drug-likeness (QED) is 0.798. The summed E-state index contributed by atoms with van der Waals surface area (Å²) >= 11 is 3.36. The second-order valence-corrected chi connectivity index (χ2v) is 4.09. The van der Waals surface area contributed by atoms with E-state index in [2.05, 4.69) is 15.9 Å². The molecule has 1 aromatic carbocycles. The van der Waals surface area contributed by atoms with Gasteiger partial charge in [-0.15, -0.1) is 0 Å². The van der Waals surface area contributed by atoms with Gasteiger partial charge in [0.1, 0.15) is 5.75 Å². The van der Waals surface area contributed by atoms with Gasteiger partial charge in [0.25, 0.3) is 0 Å². The second-order valence-electron chi connectivity index (χ2n) is 3.24. The standard InChI is InChI=1S/C10H13BrO2/c1-5-4-8(11)9(7(3)12)6(2)10(5)13/h4,7,12-13H,1-3H3. The van der Waals surface area contributed by atoms with E-state index in [0.29, 0.717) is 0 Å². The van der Waals surface area contributed by atoms with Crippen molar-refractivity contribution >= 4 is 15.9 Å². The molecule has 1 unspecified atom stereocenters. The molecule has 0 amide bonds. The number of hydrogen-bond donors (Lipinski definition) is 2. The van der Waals surface area contributed by atoms with E-state index >= 15 is 0 Å². The molecule has 0 saturated heterocycles. The highest BCUT2D eigenvalue weighted by Crippen LogP contribution is 2.34. The Morgan fingerprint density at radius 1 is 1.38 bits per heavy atom. The molecule has 0 spiro atoms. The predicted octanol–water partition coefficient (Wildman–Crippen LogP) is 2.82. The number of phenolic OH excluding ortho intramolecular Hbond substituents is 1. The van der Waals surface area contributed by atoms with Crippen LogP contribution >= 0.6 is 15.9 Å². The summed E-state index contributed by atoms with van der Waals surface area (Å²) in [6.45, 7) is 5.32. The molecule has 72 valence electrons. The molecule has 0 aliphatic rings. The second kappa shape index (κ2) is 3.68. The van der Waals surface area contributed by atoms with Crippen molar-refractivity contribution in [2.24, 2.45) is 0 Å². The van der Waals surface area contributed by atoms with Crippen LogP contribution in [0.3, 0.4) is 0 Å². The Labute approximate surface area is 86.3 Å². The average Bonchev–Trinajstić information content (AvgIpc) is 1.99. The number of aromatic hydroxyl groups is 1. The van der Waals surface area contributed by atoms with Crippen molar-refractivity contribution in [3.63, 3.8) is 0 Å². The lowest BCUT2D eigenvalue weighted by atomic mass is 10.0. The van der Waals surface area contributed by atoms with Crippen molar-refractivity contribution in [1.29, 1.82) is 0 Å². The lowest BCUT2D eigenvalue weighted by molar-refractivity contribution is 0.197. The Balaban J connectivity index is 3.44. The van der Waals surface area contributed by atoms with Crippen LogP contribution in [0.25, 0.3) is 0 Å². The minimum Gasteiger partial charge on any atom is -0.507 e. The SMILES string of the molecule is Cc1cc(Br)c(C(C)O)c(C)c1O. The minimum absolute atomic E-state index is 0.263. The van der Waals surface area contributed by atoms with Crippen LogP contribution in [0.5, 0.6) is 5.75 Å². The van der Waals surface area contributed by atoms with Crippen LogP contribution in [0.15, 0.2) is 10.5 Å². The van der Waals surface area contributed by atoms with E-state index < -0.39 is 6.10 Å². The van der Waals surface area contributed by atoms with Gasteiger partial charge in [-0.05, 0) is 38.0 Å². The van der Waals surface area contributed by atoms with E-state index in [1.54, 1.807) is 13.8 Å². The zero-order valence-electron chi connectivity index (χ0n) is 7.93. The maximum atomic E-state index is 9.63. The van der Waals surface area contributed by atoms with E-state index in [4.69, 9.17) is 0 Å². The van der Waals surface area contributed by atoms with Crippen molar-refractivity contribution in [2.45, 2.75) is 26.9 Å². The molecular formula is C10H13BrO2. The Bertz CT molecular complexity index is 332. The van der Waals surface area contributed by atoms with Crippen LogP contribution in [0.4, 0.5) is 0 Å². The highest BCUT2D eigenvalue weighted by Gasteiger charge is 2.14. The van der Waals surface area contributed by atoms with E-state index in [9.17, 15) is 10.2 Å². The van der Waals surface area contributed by atoms with Crippen molar-refractivity contribution < 1.29 is 10.2 Å². The highest BCUT2D eigenvalue weighted by atomic mass is 79.9. The van der Waals surface area contributed by atoms with Gasteiger partial charge in [-0.3, -0.25) is 0 Å². The average molecular weight is 245 g/mol. The number of hydrogen-bond acceptors (Lipinski definition) is 2. The number of aliphatic hydroxyl groups excluding tert-OH is 1. The van der Waals surface area contributed by atoms with Gasteiger partial charge >= 0.3 is 0 Å². The summed E-state index contributed by atoms with van der Waals surface area (Å²) in [6.07, 6.45) is -0.569. The summed E-state index contributed by atoms with van der Waals surface area (Å²) in [5, 5.41) is 19.1. The first-order chi connectivity index (χ1) is 5.95. The first kappa shape index (κ1) is 10.5. The van der Waals surface area contributed by atoms with E-state index in [0.717, 1.165) is 21.2 Å². The maximum absolute atomic E-state index is 9.63. The van der Waals surface area contributed by atoms with Crippen LogP contribution < -0.4 is 0 Å². The molecular weight excluding hydrogens is 232 g/mol. The molecule has 13 heavy (non-hydrogen) atoms. The molecule has 1 rings (SSSR count). The van der Waals surface area contributed by atoms with E-state index in [1.165, 1.54) is 0 Å². The fourth-order valence-corrected chi connectivity index (χ4v) is 2.42. The number of halogens is 1. The van der Waals surface area contributed by atoms with Crippen molar-refractivity contribution in [1.82, 2.24) is 0 Å². The summed E-state index contributed by atoms with van der Waals surface area (Å²) in [4.78, 5) is 0. The monoisotopic (exact) mass is 244 g/mol. The fourth-order valence-electron chi connectivity index (χ4n) is 1.45. The molecule has 0 aliphatic carbocycles. The molecule has 0 saturated carbocycles. The number of aliphatic hydroxyl groups is 1. The largest absolute Gasteiger partial charge is 0.507 e. The summed E-state index contributed by atoms with van der Waals surface area (Å²) in [5.41, 5.74) is 2.30. The Morgan fingerprint density at radius 2 is 1.92 bits per heavy atom. The molecule has 1 aromatic rings. The van der Waals surface area contributed by atoms with Crippen LogP contribution in [0.2, 0.25) is 0 Å². The van der Waals surface area contributed by atoms with Gasteiger partial charge in [-0.25, -0.2) is 0 Å². The molecule has 2 nitrogen and oxygen atoms in total. The lowest BCUT2D eigenvalue weighted by Crippen LogP contribution is -1.98. The first-order valence-corrected chi connectivity index (χ1v) is 4.91. The van der Waals surface area contributed by atoms with Crippen molar-refractivity contribution in [2.75, 3.05) is 0 Å². The van der Waals surface area contributed by atoms with Gasteiger partial charge in [0.2, 0.25) is 0 Å². The number of aryl methyl sites for hydroxylation is 1. The van der Waals surface area contributed by atoms with E-state index in [1.807, 2.05) is 13.0 Å². The van der Waals surface area contributed by atoms with Gasteiger partial charge < -0.3 is 10.2 Å². The van der Waals surface area contributed by atoms with Gasteiger partial charge in [-0.1, -0.05) is 15.9 Å². The molecule has 1 atom stereocenters. The predicted molar refractivity (Wildman–Crippen MR) is 55.9 cm³/mol. The smallest absolute Gasteiger partial charge is 0.121 e. The van der Waals surface area contributed by atoms with Crippen LogP contribution in [0, 0.1) is 13.8 Å². The van der Waals surface area contributed by atoms with Crippen LogP contribution in [0.1, 0.15) is 29.7 Å². The summed E-state index contributed by atoms with van der Waals surface area (Å²) in [7, 11) is 0. The lowest BCUT2D eigenvalue weighted by Gasteiger charge is -2.14. The first-order valence-electron chi connectivity index (χ1n) is 4.11. The van der Waals surface area contributed by atoms with E-state index in [-0.39, 0.29) is 5.75 Å². The maximum Gasteiger partial charge on any atom is 0.121 e. The molecule has 0 fully saturated rings. The fraction of sp³-hybridized carbons (Fsp3) is 0.400. The molecule has 0 aromatic heterocycles. The molecule has 2 N–H and O–H groups in total. The normalized spacial score (nSPS) is 13.0. The van der Waals surface area contributed by atoms with Gasteiger partial charge in [0, 0.05) is 10.0 Å². The molecule has 0 aliphatic heterocycles. The zero-order chi connectivity index (χ0) is 10.2. The van der Waals surface area contributed by atoms with Crippen LogP contribution in [-0.4, -0.2) is 10.2 Å². The number of phenols is 1. The molecule has 0 heterocycles. The Morgan fingerprint density at radius 3 is 2.38 bits per heavy atom. The molecule has 0 bridgehead atoms. The topological polar surface area (TPSA) is 40.5 Å². The minimum atomic E-state index is -0.569. The third kappa shape index (κ3) is 1.86. The van der Waals surface area contributed by atoms with Crippen molar-refractivity contribution in [3.05, 3.63) is 27.2 Å². The number of benzene rings is 1. The third-order valence-electron chi connectivity index (χ3n) is 2.15. The Hall–Kier alpha value is -0.540. The van der Waals surface area contributed by atoms with Gasteiger partial charge in [0.05, 0.1) is 6.10 Å². The van der Waals surface area contributed by atoms with Crippen LogP contribution in [-0.2, 0) is 0 Å². The highest BCUT2D eigenvalue weighted by molar-refractivity contribution is 9.10. The number of rotatable bonds is 1. The summed E-state index contributed by atoms with van der Waals surface area (Å²) < 4.78 is 0.843. The van der Waals surface area contributed by atoms with Gasteiger partial charge in [-0.2, -0.15) is 0 Å². The summed E-state index contributed by atoms with van der Waals surface area (Å²) in [5.74, 6) is 0.263.